The number of carbonyl (C=O) groups is 2. The zero-order chi connectivity index (χ0) is 26.6. The molecule has 0 aromatic heterocycles. The van der Waals surface area contributed by atoms with E-state index in [-0.39, 0.29) is 36.6 Å². The Kier molecular flexibility index (Phi) is 10.8. The van der Waals surface area contributed by atoms with Crippen molar-refractivity contribution in [3.05, 3.63) is 107 Å². The third kappa shape index (κ3) is 8.45. The van der Waals surface area contributed by atoms with Crippen LogP contribution in [0.5, 0.6) is 0 Å². The predicted octanol–water partition coefficient (Wildman–Crippen LogP) is 6.54. The molecule has 0 heterocycles. The fourth-order valence-electron chi connectivity index (χ4n) is 4.98. The lowest BCUT2D eigenvalue weighted by molar-refractivity contribution is -0.141. The second kappa shape index (κ2) is 14.7. The first-order valence-corrected chi connectivity index (χ1v) is 14.7. The summed E-state index contributed by atoms with van der Waals surface area (Å²) in [6, 6.07) is 25.8. The summed E-state index contributed by atoms with van der Waals surface area (Å²) in [7, 11) is 0. The van der Waals surface area contributed by atoms with Gasteiger partial charge in [-0.1, -0.05) is 98.1 Å². The van der Waals surface area contributed by atoms with Crippen molar-refractivity contribution in [1.82, 2.24) is 10.2 Å². The van der Waals surface area contributed by atoms with Gasteiger partial charge in [0.2, 0.25) is 11.8 Å². The lowest BCUT2D eigenvalue weighted by Crippen LogP contribution is -2.53. The first-order chi connectivity index (χ1) is 18.6. The van der Waals surface area contributed by atoms with Crippen molar-refractivity contribution in [2.45, 2.75) is 69.3 Å². The number of rotatable bonds is 12. The minimum atomic E-state index is -0.717. The number of benzene rings is 3. The number of amides is 2. The number of nitrogens with zero attached hydrogens (tertiary/aromatic N) is 1. The molecular weight excluding hydrogens is 495 g/mol. The Morgan fingerprint density at radius 2 is 1.50 bits per heavy atom. The molecule has 0 radical (unpaired) electrons. The molecule has 3 aromatic rings. The molecule has 200 valence electrons. The zero-order valence-corrected chi connectivity index (χ0v) is 22.7. The summed E-state index contributed by atoms with van der Waals surface area (Å²) in [5.74, 6) is 0.798. The molecular formula is C32H37FN2O2S. The first kappa shape index (κ1) is 27.9. The minimum Gasteiger partial charge on any atom is -0.352 e. The summed E-state index contributed by atoms with van der Waals surface area (Å²) in [5, 5.41) is 3.23. The van der Waals surface area contributed by atoms with Crippen LogP contribution in [0.2, 0.25) is 0 Å². The normalized spacial score (nSPS) is 14.6. The number of nitrogens with one attached hydrogen (secondary N) is 1. The summed E-state index contributed by atoms with van der Waals surface area (Å²) in [5.41, 5.74) is 2.60. The molecule has 1 aliphatic rings. The SMILES string of the molecule is O=C(NC1CCCCC1)C(Cc1ccccc1)N(Cc1ccccc1F)C(=O)CCSCc1ccccc1. The van der Waals surface area contributed by atoms with Gasteiger partial charge in [0.1, 0.15) is 11.9 Å². The molecule has 38 heavy (non-hydrogen) atoms. The lowest BCUT2D eigenvalue weighted by Gasteiger charge is -2.33. The number of hydrogen-bond acceptors (Lipinski definition) is 3. The average molecular weight is 533 g/mol. The number of thioether (sulfide) groups is 1. The number of carbonyl (C=O) groups excluding carboxylic acids is 2. The van der Waals surface area contributed by atoms with E-state index in [0.29, 0.717) is 17.7 Å². The predicted molar refractivity (Wildman–Crippen MR) is 153 cm³/mol. The largest absolute Gasteiger partial charge is 0.352 e. The monoisotopic (exact) mass is 532 g/mol. The Morgan fingerprint density at radius 1 is 0.868 bits per heavy atom. The van der Waals surface area contributed by atoms with Crippen molar-refractivity contribution in [2.75, 3.05) is 5.75 Å². The maximum atomic E-state index is 14.7. The molecule has 1 atom stereocenters. The van der Waals surface area contributed by atoms with Gasteiger partial charge in [0.15, 0.2) is 0 Å². The highest BCUT2D eigenvalue weighted by molar-refractivity contribution is 7.98. The van der Waals surface area contributed by atoms with Crippen LogP contribution in [-0.4, -0.2) is 34.6 Å². The van der Waals surface area contributed by atoms with E-state index >= 15 is 0 Å². The first-order valence-electron chi connectivity index (χ1n) is 13.6. The Balaban J connectivity index is 1.53. The number of halogens is 1. The van der Waals surface area contributed by atoms with Gasteiger partial charge in [-0.15, -0.1) is 0 Å². The van der Waals surface area contributed by atoms with Gasteiger partial charge in [0.25, 0.3) is 0 Å². The highest BCUT2D eigenvalue weighted by atomic mass is 32.2. The molecule has 6 heteroatoms. The quantitative estimate of drug-likeness (QED) is 0.270. The molecule has 1 N–H and O–H groups in total. The second-order valence-electron chi connectivity index (χ2n) is 9.95. The van der Waals surface area contributed by atoms with E-state index in [0.717, 1.165) is 37.0 Å². The van der Waals surface area contributed by atoms with Gasteiger partial charge >= 0.3 is 0 Å². The highest BCUT2D eigenvalue weighted by Gasteiger charge is 2.32. The van der Waals surface area contributed by atoms with Crippen LogP contribution < -0.4 is 5.32 Å². The van der Waals surface area contributed by atoms with E-state index in [1.807, 2.05) is 48.5 Å². The van der Waals surface area contributed by atoms with Crippen molar-refractivity contribution < 1.29 is 14.0 Å². The van der Waals surface area contributed by atoms with Crippen LogP contribution in [0.3, 0.4) is 0 Å². The molecule has 2 amide bonds. The molecule has 3 aromatic carbocycles. The van der Waals surface area contributed by atoms with Crippen LogP contribution in [-0.2, 0) is 28.3 Å². The molecule has 1 unspecified atom stereocenters. The van der Waals surface area contributed by atoms with Crippen LogP contribution in [0.1, 0.15) is 55.2 Å². The van der Waals surface area contributed by atoms with E-state index < -0.39 is 6.04 Å². The molecule has 1 aliphatic carbocycles. The Labute approximate surface area is 230 Å². The van der Waals surface area contributed by atoms with Crippen molar-refractivity contribution in [3.63, 3.8) is 0 Å². The average Bonchev–Trinajstić information content (AvgIpc) is 2.95. The van der Waals surface area contributed by atoms with Gasteiger partial charge in [0.05, 0.1) is 0 Å². The van der Waals surface area contributed by atoms with Crippen LogP contribution in [0.25, 0.3) is 0 Å². The highest BCUT2D eigenvalue weighted by Crippen LogP contribution is 2.22. The fraction of sp³-hybridized carbons (Fsp3) is 0.375. The maximum absolute atomic E-state index is 14.7. The van der Waals surface area contributed by atoms with Crippen molar-refractivity contribution >= 4 is 23.6 Å². The summed E-state index contributed by atoms with van der Waals surface area (Å²) in [4.78, 5) is 29.1. The Bertz CT molecular complexity index is 1150. The van der Waals surface area contributed by atoms with E-state index in [2.05, 4.69) is 17.4 Å². The molecule has 4 nitrogen and oxygen atoms in total. The molecule has 0 bridgehead atoms. The molecule has 1 saturated carbocycles. The van der Waals surface area contributed by atoms with E-state index in [9.17, 15) is 14.0 Å². The van der Waals surface area contributed by atoms with Gasteiger partial charge in [-0.05, 0) is 30.0 Å². The molecule has 0 spiro atoms. The maximum Gasteiger partial charge on any atom is 0.243 e. The van der Waals surface area contributed by atoms with Crippen molar-refractivity contribution in [3.8, 4) is 0 Å². The molecule has 0 saturated heterocycles. The zero-order valence-electron chi connectivity index (χ0n) is 21.9. The number of hydrogen-bond donors (Lipinski definition) is 1. The third-order valence-corrected chi connectivity index (χ3v) is 8.12. The van der Waals surface area contributed by atoms with Gasteiger partial charge in [-0.25, -0.2) is 4.39 Å². The Hall–Kier alpha value is -3.12. The summed E-state index contributed by atoms with van der Waals surface area (Å²) in [6.07, 6.45) is 5.99. The second-order valence-corrected chi connectivity index (χ2v) is 11.1. The van der Waals surface area contributed by atoms with Gasteiger partial charge in [0, 0.05) is 42.5 Å². The van der Waals surface area contributed by atoms with Crippen LogP contribution in [0.4, 0.5) is 4.39 Å². The summed E-state index contributed by atoms with van der Waals surface area (Å²) in [6.45, 7) is 0.0600. The summed E-state index contributed by atoms with van der Waals surface area (Å²) >= 11 is 1.69. The van der Waals surface area contributed by atoms with Crippen LogP contribution >= 0.6 is 11.8 Å². The summed E-state index contributed by atoms with van der Waals surface area (Å²) < 4.78 is 14.7. The van der Waals surface area contributed by atoms with Crippen LogP contribution in [0.15, 0.2) is 84.9 Å². The smallest absolute Gasteiger partial charge is 0.243 e. The van der Waals surface area contributed by atoms with Crippen molar-refractivity contribution in [2.24, 2.45) is 0 Å². The molecule has 4 rings (SSSR count). The van der Waals surface area contributed by atoms with Crippen molar-refractivity contribution in [1.29, 1.82) is 0 Å². The molecule has 0 aliphatic heterocycles. The Morgan fingerprint density at radius 3 is 2.18 bits per heavy atom. The lowest BCUT2D eigenvalue weighted by atomic mass is 9.94. The van der Waals surface area contributed by atoms with Gasteiger partial charge < -0.3 is 10.2 Å². The fourth-order valence-corrected chi connectivity index (χ4v) is 5.87. The topological polar surface area (TPSA) is 49.4 Å². The minimum absolute atomic E-state index is 0.0600. The van der Waals surface area contributed by atoms with E-state index in [4.69, 9.17) is 0 Å². The standard InChI is InChI=1S/C32H37FN2O2S/c33-29-19-11-10-16-27(29)23-35(31(36)20-21-38-24-26-14-6-2-7-15-26)30(22-25-12-4-1-5-13-25)32(37)34-28-17-8-3-9-18-28/h1-2,4-7,10-16,19,28,30H,3,8-9,17-18,20-24H2,(H,34,37). The van der Waals surface area contributed by atoms with E-state index in [1.54, 1.807) is 34.9 Å². The van der Waals surface area contributed by atoms with E-state index in [1.165, 1.54) is 18.1 Å². The van der Waals surface area contributed by atoms with Gasteiger partial charge in [-0.2, -0.15) is 11.8 Å². The van der Waals surface area contributed by atoms with Gasteiger partial charge in [-0.3, -0.25) is 9.59 Å². The van der Waals surface area contributed by atoms with Crippen LogP contribution in [0, 0.1) is 5.82 Å². The molecule has 1 fully saturated rings. The third-order valence-electron chi connectivity index (χ3n) is 7.09.